The molecule has 2 aliphatic rings. The van der Waals surface area contributed by atoms with Crippen LogP contribution in [0.1, 0.15) is 46.2 Å². The van der Waals surface area contributed by atoms with Crippen molar-refractivity contribution in [2.45, 2.75) is 54.4 Å². The van der Waals surface area contributed by atoms with Gasteiger partial charge in [0.05, 0.1) is 14.2 Å². The van der Waals surface area contributed by atoms with Gasteiger partial charge in [-0.15, -0.1) is 0 Å². The maximum absolute atomic E-state index is 11.5. The number of aryl methyl sites for hydroxylation is 6. The van der Waals surface area contributed by atoms with Crippen molar-refractivity contribution in [3.05, 3.63) is 71.0 Å². The molecule has 1 aliphatic carbocycles. The van der Waals surface area contributed by atoms with Gasteiger partial charge in [-0.1, -0.05) is 6.42 Å². The van der Waals surface area contributed by atoms with E-state index in [4.69, 9.17) is 19.4 Å². The SMILES string of the molecule is Cc1cc(C)c(N2CCN(c3c(C)cc(C)cc3C)[C]2=[Ru]([Cl])[Cl])c(C)c1.[CH2-][C@H]1[CH-]CC(C(=O)OC)(C(=O)OC)C1. The summed E-state index contributed by atoms with van der Waals surface area (Å²) in [4.78, 5) is 27.7. The zero-order valence-electron chi connectivity index (χ0n) is 24.6. The molecule has 0 radical (unpaired) electrons. The molecule has 1 aliphatic heterocycles. The van der Waals surface area contributed by atoms with Crippen LogP contribution < -0.4 is 9.80 Å². The quantitative estimate of drug-likeness (QED) is 0.157. The third-order valence-corrected chi connectivity index (χ3v) is 10.4. The average molecular weight is 677 g/mol. The van der Waals surface area contributed by atoms with E-state index in [0.717, 1.165) is 17.4 Å². The fraction of sp³-hybridized carbons (Fsp3) is 0.452. The number of ether oxygens (including phenoxy) is 2. The number of methoxy groups -OCH3 is 2. The van der Waals surface area contributed by atoms with Crippen molar-refractivity contribution in [1.29, 1.82) is 0 Å². The van der Waals surface area contributed by atoms with E-state index < -0.39 is 30.9 Å². The van der Waals surface area contributed by atoms with Crippen molar-refractivity contribution in [3.8, 4) is 0 Å². The first-order valence-electron chi connectivity index (χ1n) is 13.2. The number of halogens is 2. The van der Waals surface area contributed by atoms with Crippen LogP contribution in [0.2, 0.25) is 0 Å². The Morgan fingerprint density at radius 3 is 1.50 bits per heavy atom. The fourth-order valence-electron chi connectivity index (χ4n) is 6.06. The molecular weight excluding hydrogens is 636 g/mol. The molecule has 9 heteroatoms. The smallest absolute Gasteiger partial charge is 0.320 e. The van der Waals surface area contributed by atoms with Gasteiger partial charge in [0.25, 0.3) is 0 Å². The Bertz CT molecular complexity index is 1190. The van der Waals surface area contributed by atoms with Gasteiger partial charge in [-0.3, -0.25) is 9.59 Å². The Morgan fingerprint density at radius 1 is 0.850 bits per heavy atom. The first-order valence-corrected chi connectivity index (χ1v) is 18.5. The van der Waals surface area contributed by atoms with Gasteiger partial charge in [-0.05, 0) is 0 Å². The van der Waals surface area contributed by atoms with Crippen LogP contribution in [-0.4, -0.2) is 43.6 Å². The summed E-state index contributed by atoms with van der Waals surface area (Å²) in [5.74, 6) is -1.08. The van der Waals surface area contributed by atoms with E-state index in [1.54, 1.807) is 0 Å². The molecule has 0 unspecified atom stereocenters. The van der Waals surface area contributed by atoms with Gasteiger partial charge in [0, 0.05) is 0 Å². The van der Waals surface area contributed by atoms with Gasteiger partial charge >= 0.3 is 183 Å². The third-order valence-electron chi connectivity index (χ3n) is 7.47. The van der Waals surface area contributed by atoms with Gasteiger partial charge in [-0.25, -0.2) is 0 Å². The van der Waals surface area contributed by atoms with Crippen LogP contribution in [-0.2, 0) is 32.6 Å². The number of hydrogen-bond donors (Lipinski definition) is 0. The molecule has 1 saturated heterocycles. The van der Waals surface area contributed by atoms with Crippen molar-refractivity contribution in [1.82, 2.24) is 0 Å². The predicted molar refractivity (Wildman–Crippen MR) is 162 cm³/mol. The van der Waals surface area contributed by atoms with Crippen molar-refractivity contribution >= 4 is 47.0 Å². The van der Waals surface area contributed by atoms with E-state index in [1.165, 1.54) is 59.0 Å². The second kappa shape index (κ2) is 13.4. The van der Waals surface area contributed by atoms with Crippen LogP contribution in [0.5, 0.6) is 0 Å². The number of carbonyl (C=O) groups excluding carboxylic acids is 2. The first-order chi connectivity index (χ1) is 18.8. The molecule has 6 nitrogen and oxygen atoms in total. The normalized spacial score (nSPS) is 18.3. The van der Waals surface area contributed by atoms with Gasteiger partial charge in [0.15, 0.2) is 0 Å². The number of rotatable bonds is 4. The third kappa shape index (κ3) is 6.58. The molecule has 2 fully saturated rings. The van der Waals surface area contributed by atoms with Crippen LogP contribution >= 0.6 is 19.4 Å². The monoisotopic (exact) mass is 676 g/mol. The minimum atomic E-state index is -2.12. The predicted octanol–water partition coefficient (Wildman–Crippen LogP) is 6.64. The summed E-state index contributed by atoms with van der Waals surface area (Å²) in [6.45, 7) is 18.6. The molecule has 0 amide bonds. The standard InChI is InChI=1S/C21H26N2.C10H14O4.2ClH.Ru/c1-14-9-16(3)20(17(4)10-14)22-7-8-23(13-22)21-18(5)11-15(2)12-19(21)6;1-7-4-5-10(6-7,8(11)13-2)9(12)14-3;;;/h9-12H,7-8H2,1-6H3;4,7H,1,5-6H2,2-3H3;2*1H;/q;-2;;;+2/p-2/t;7-;;;/m.0.../s1. The first kappa shape index (κ1) is 32.6. The molecule has 0 aromatic heterocycles. The maximum atomic E-state index is 11.5. The van der Waals surface area contributed by atoms with Gasteiger partial charge in [0.2, 0.25) is 0 Å². The molecule has 2 aromatic rings. The molecular formula is C31H40Cl2N2O4Ru-2. The van der Waals surface area contributed by atoms with Crippen molar-refractivity contribution in [2.24, 2.45) is 11.3 Å². The Hall–Kier alpha value is -1.95. The van der Waals surface area contributed by atoms with Crippen molar-refractivity contribution < 1.29 is 32.6 Å². The maximum Gasteiger partial charge on any atom is 0.320 e. The molecule has 2 aromatic carbocycles. The summed E-state index contributed by atoms with van der Waals surface area (Å²) in [5.41, 5.74) is 9.06. The molecule has 0 bridgehead atoms. The minimum absolute atomic E-state index is 0.00630. The Labute approximate surface area is 252 Å². The van der Waals surface area contributed by atoms with Crippen LogP contribution in [0.4, 0.5) is 11.4 Å². The number of carbonyl (C=O) groups is 2. The summed E-state index contributed by atoms with van der Waals surface area (Å²) in [6.07, 6.45) is 2.56. The van der Waals surface area contributed by atoms with Crippen molar-refractivity contribution in [3.63, 3.8) is 0 Å². The van der Waals surface area contributed by atoms with Crippen LogP contribution in [0.25, 0.3) is 0 Å². The van der Waals surface area contributed by atoms with E-state index in [2.05, 4.69) is 92.0 Å². The van der Waals surface area contributed by atoms with E-state index in [-0.39, 0.29) is 5.92 Å². The van der Waals surface area contributed by atoms with E-state index in [9.17, 15) is 9.59 Å². The van der Waals surface area contributed by atoms with Crippen LogP contribution in [0.15, 0.2) is 24.3 Å². The Kier molecular flexibility index (Phi) is 10.9. The fourth-order valence-corrected chi connectivity index (χ4v) is 9.25. The molecule has 4 rings (SSSR count). The van der Waals surface area contributed by atoms with Crippen LogP contribution in [0.3, 0.4) is 0 Å². The summed E-state index contributed by atoms with van der Waals surface area (Å²) < 4.78 is 10.3. The number of nitrogens with zero attached hydrogens (tertiary/aromatic N) is 2. The van der Waals surface area contributed by atoms with E-state index >= 15 is 0 Å². The summed E-state index contributed by atoms with van der Waals surface area (Å²) in [7, 11) is 15.8. The molecule has 222 valence electrons. The molecule has 40 heavy (non-hydrogen) atoms. The Balaban J connectivity index is 0.000000267. The van der Waals surface area contributed by atoms with Gasteiger partial charge in [0.1, 0.15) is 5.41 Å². The number of benzene rings is 2. The largest absolute Gasteiger partial charge is 0.468 e. The summed E-state index contributed by atoms with van der Waals surface area (Å²) in [6, 6.07) is 8.96. The van der Waals surface area contributed by atoms with Crippen molar-refractivity contribution in [2.75, 3.05) is 37.1 Å². The topological polar surface area (TPSA) is 59.1 Å². The van der Waals surface area contributed by atoms with Gasteiger partial charge < -0.3 is 28.7 Å². The number of anilines is 2. The number of esters is 2. The molecule has 0 spiro atoms. The zero-order chi connectivity index (χ0) is 29.9. The molecule has 1 atom stereocenters. The minimum Gasteiger partial charge on any atom is -0.468 e. The molecule has 1 heterocycles. The Morgan fingerprint density at radius 2 is 1.23 bits per heavy atom. The average Bonchev–Trinajstić information content (AvgIpc) is 3.47. The number of hydrogen-bond acceptors (Lipinski definition) is 6. The molecule has 1 saturated carbocycles. The molecule has 0 N–H and O–H groups in total. The van der Waals surface area contributed by atoms with E-state index in [1.807, 2.05) is 6.42 Å². The zero-order valence-corrected chi connectivity index (χ0v) is 27.9. The summed E-state index contributed by atoms with van der Waals surface area (Å²) >= 11 is -2.12. The summed E-state index contributed by atoms with van der Waals surface area (Å²) in [5, 5.41) is 0. The van der Waals surface area contributed by atoms with Crippen LogP contribution in [0, 0.1) is 66.2 Å². The second-order valence-electron chi connectivity index (χ2n) is 10.7. The van der Waals surface area contributed by atoms with Gasteiger partial charge in [-0.2, -0.15) is 6.42 Å². The second-order valence-corrected chi connectivity index (χ2v) is 16.4. The van der Waals surface area contributed by atoms with E-state index in [0.29, 0.717) is 12.8 Å².